The Bertz CT molecular complexity index is 191. The van der Waals surface area contributed by atoms with Gasteiger partial charge in [0.05, 0.1) is 0 Å². The summed E-state index contributed by atoms with van der Waals surface area (Å²) in [6, 6.07) is 0. The maximum Gasteiger partial charge on any atom is 0.000966 e. The van der Waals surface area contributed by atoms with E-state index in [1.807, 2.05) is 0 Å². The van der Waals surface area contributed by atoms with E-state index in [1.165, 1.54) is 77.5 Å². The monoisotopic (exact) mass is 238 g/mol. The van der Waals surface area contributed by atoms with Crippen LogP contribution >= 0.6 is 0 Å². The number of piperidine rings is 1. The summed E-state index contributed by atoms with van der Waals surface area (Å²) in [4.78, 5) is 2.74. The lowest BCUT2D eigenvalue weighted by Gasteiger charge is -2.35. The van der Waals surface area contributed by atoms with Gasteiger partial charge in [0.1, 0.15) is 0 Å². The van der Waals surface area contributed by atoms with Crippen LogP contribution in [0.25, 0.3) is 0 Å². The maximum atomic E-state index is 3.28. The van der Waals surface area contributed by atoms with E-state index < -0.39 is 0 Å². The van der Waals surface area contributed by atoms with Gasteiger partial charge >= 0.3 is 0 Å². The lowest BCUT2D eigenvalue weighted by atomic mass is 9.87. The SMILES string of the molecule is CNCCC1CCN(CC2CCCCC2)CC1. The number of hydrogen-bond donors (Lipinski definition) is 1. The van der Waals surface area contributed by atoms with Crippen molar-refractivity contribution >= 4 is 0 Å². The highest BCUT2D eigenvalue weighted by molar-refractivity contribution is 4.76. The smallest absolute Gasteiger partial charge is 0.000966 e. The van der Waals surface area contributed by atoms with Crippen LogP contribution in [0.1, 0.15) is 51.4 Å². The van der Waals surface area contributed by atoms with Crippen LogP contribution in [0.5, 0.6) is 0 Å². The quantitative estimate of drug-likeness (QED) is 0.792. The molecule has 100 valence electrons. The predicted molar refractivity (Wildman–Crippen MR) is 74.3 cm³/mol. The van der Waals surface area contributed by atoms with Gasteiger partial charge in [-0.2, -0.15) is 0 Å². The fourth-order valence-electron chi connectivity index (χ4n) is 3.54. The van der Waals surface area contributed by atoms with Gasteiger partial charge in [0.25, 0.3) is 0 Å². The standard InChI is InChI=1S/C15H30N2/c1-16-10-7-14-8-11-17(12-9-14)13-15-5-3-2-4-6-15/h14-16H,2-13H2,1H3. The third-order valence-electron chi connectivity index (χ3n) is 4.75. The molecule has 0 aromatic rings. The Labute approximate surface area is 107 Å². The molecule has 1 aliphatic carbocycles. The van der Waals surface area contributed by atoms with Gasteiger partial charge in [-0.25, -0.2) is 0 Å². The van der Waals surface area contributed by atoms with E-state index in [0.717, 1.165) is 11.8 Å². The van der Waals surface area contributed by atoms with Gasteiger partial charge in [0.15, 0.2) is 0 Å². The number of nitrogens with zero attached hydrogens (tertiary/aromatic N) is 1. The van der Waals surface area contributed by atoms with E-state index in [0.29, 0.717) is 0 Å². The van der Waals surface area contributed by atoms with Crippen molar-refractivity contribution in [1.29, 1.82) is 0 Å². The van der Waals surface area contributed by atoms with Crippen LogP contribution in [0.4, 0.5) is 0 Å². The minimum atomic E-state index is 0.991. The highest BCUT2D eigenvalue weighted by Crippen LogP contribution is 2.27. The van der Waals surface area contributed by atoms with Crippen molar-refractivity contribution in [2.45, 2.75) is 51.4 Å². The van der Waals surface area contributed by atoms with Gasteiger partial charge in [0.2, 0.25) is 0 Å². The Kier molecular flexibility index (Phi) is 5.79. The molecule has 2 aliphatic rings. The molecule has 0 atom stereocenters. The summed E-state index contributed by atoms with van der Waals surface area (Å²) in [6.45, 7) is 5.34. The largest absolute Gasteiger partial charge is 0.320 e. The molecule has 1 heterocycles. The minimum Gasteiger partial charge on any atom is -0.320 e. The highest BCUT2D eigenvalue weighted by atomic mass is 15.1. The molecular weight excluding hydrogens is 208 g/mol. The Balaban J connectivity index is 1.61. The minimum absolute atomic E-state index is 0.991. The first-order valence-electron chi connectivity index (χ1n) is 7.75. The average Bonchev–Trinajstić information content (AvgIpc) is 2.39. The zero-order valence-corrected chi connectivity index (χ0v) is 11.6. The molecule has 0 bridgehead atoms. The topological polar surface area (TPSA) is 15.3 Å². The fraction of sp³-hybridized carbons (Fsp3) is 1.00. The summed E-state index contributed by atoms with van der Waals surface area (Å²) in [5.74, 6) is 2.02. The first-order valence-corrected chi connectivity index (χ1v) is 7.75. The van der Waals surface area contributed by atoms with Crippen LogP contribution < -0.4 is 5.32 Å². The zero-order valence-electron chi connectivity index (χ0n) is 11.6. The molecule has 0 aromatic heterocycles. The zero-order chi connectivity index (χ0) is 11.9. The summed E-state index contributed by atoms with van der Waals surface area (Å²) in [7, 11) is 2.07. The maximum absolute atomic E-state index is 3.28. The van der Waals surface area contributed by atoms with E-state index in [9.17, 15) is 0 Å². The Morgan fingerprint density at radius 2 is 1.65 bits per heavy atom. The average molecular weight is 238 g/mol. The van der Waals surface area contributed by atoms with Crippen LogP contribution in [0.2, 0.25) is 0 Å². The molecule has 1 saturated heterocycles. The van der Waals surface area contributed by atoms with Crippen molar-refractivity contribution in [2.75, 3.05) is 33.2 Å². The van der Waals surface area contributed by atoms with Crippen molar-refractivity contribution < 1.29 is 0 Å². The molecule has 2 heteroatoms. The van der Waals surface area contributed by atoms with Gasteiger partial charge < -0.3 is 10.2 Å². The summed E-state index contributed by atoms with van der Waals surface area (Å²) in [5.41, 5.74) is 0. The molecule has 0 spiro atoms. The van der Waals surface area contributed by atoms with Crippen molar-refractivity contribution in [2.24, 2.45) is 11.8 Å². The fourth-order valence-corrected chi connectivity index (χ4v) is 3.54. The molecule has 17 heavy (non-hydrogen) atoms. The van der Waals surface area contributed by atoms with Crippen molar-refractivity contribution in [1.82, 2.24) is 10.2 Å². The summed E-state index contributed by atoms with van der Waals surface area (Å²) in [5, 5.41) is 3.28. The van der Waals surface area contributed by atoms with E-state index in [1.54, 1.807) is 0 Å². The summed E-state index contributed by atoms with van der Waals surface area (Å²) in [6.07, 6.45) is 11.7. The third-order valence-corrected chi connectivity index (χ3v) is 4.75. The van der Waals surface area contributed by atoms with Crippen LogP contribution in [0, 0.1) is 11.8 Å². The van der Waals surface area contributed by atoms with Crippen molar-refractivity contribution in [3.8, 4) is 0 Å². The Hall–Kier alpha value is -0.0800. The number of hydrogen-bond acceptors (Lipinski definition) is 2. The Morgan fingerprint density at radius 1 is 0.941 bits per heavy atom. The van der Waals surface area contributed by atoms with Gasteiger partial charge in [-0.05, 0) is 70.6 Å². The number of rotatable bonds is 5. The number of nitrogens with one attached hydrogen (secondary N) is 1. The second-order valence-electron chi connectivity index (χ2n) is 6.14. The second kappa shape index (κ2) is 7.38. The lowest BCUT2D eigenvalue weighted by molar-refractivity contribution is 0.142. The van der Waals surface area contributed by atoms with E-state index in [4.69, 9.17) is 0 Å². The first kappa shape index (κ1) is 13.4. The molecule has 1 saturated carbocycles. The predicted octanol–water partition coefficient (Wildman–Crippen LogP) is 2.89. The molecule has 0 aromatic carbocycles. The van der Waals surface area contributed by atoms with Crippen LogP contribution in [-0.4, -0.2) is 38.1 Å². The van der Waals surface area contributed by atoms with E-state index in [2.05, 4.69) is 17.3 Å². The second-order valence-corrected chi connectivity index (χ2v) is 6.14. The van der Waals surface area contributed by atoms with E-state index >= 15 is 0 Å². The molecule has 0 unspecified atom stereocenters. The molecular formula is C15H30N2. The molecule has 0 amide bonds. The molecule has 0 radical (unpaired) electrons. The molecule has 1 N–H and O–H groups in total. The Morgan fingerprint density at radius 3 is 2.29 bits per heavy atom. The summed E-state index contributed by atoms with van der Waals surface area (Å²) < 4.78 is 0. The van der Waals surface area contributed by atoms with Gasteiger partial charge in [-0.1, -0.05) is 19.3 Å². The van der Waals surface area contributed by atoms with Gasteiger partial charge in [0, 0.05) is 6.54 Å². The van der Waals surface area contributed by atoms with Crippen molar-refractivity contribution in [3.63, 3.8) is 0 Å². The molecule has 2 fully saturated rings. The van der Waals surface area contributed by atoms with Crippen LogP contribution in [-0.2, 0) is 0 Å². The van der Waals surface area contributed by atoms with E-state index in [-0.39, 0.29) is 0 Å². The number of likely N-dealkylation sites (tertiary alicyclic amines) is 1. The van der Waals surface area contributed by atoms with Crippen LogP contribution in [0.15, 0.2) is 0 Å². The molecule has 2 rings (SSSR count). The van der Waals surface area contributed by atoms with Crippen molar-refractivity contribution in [3.05, 3.63) is 0 Å². The highest BCUT2D eigenvalue weighted by Gasteiger charge is 2.22. The van der Waals surface area contributed by atoms with Gasteiger partial charge in [-0.15, -0.1) is 0 Å². The lowest BCUT2D eigenvalue weighted by Crippen LogP contribution is -2.38. The van der Waals surface area contributed by atoms with Gasteiger partial charge in [-0.3, -0.25) is 0 Å². The first-order chi connectivity index (χ1) is 8.38. The third kappa shape index (κ3) is 4.59. The molecule has 2 nitrogen and oxygen atoms in total. The normalized spacial score (nSPS) is 25.2. The molecule has 1 aliphatic heterocycles. The van der Waals surface area contributed by atoms with Crippen LogP contribution in [0.3, 0.4) is 0 Å². The summed E-state index contributed by atoms with van der Waals surface area (Å²) >= 11 is 0.